The van der Waals surface area contributed by atoms with Crippen molar-refractivity contribution in [2.75, 3.05) is 0 Å². The number of unbranched alkanes of at least 4 members (excludes halogenated alkanes) is 2. The molecule has 1 aromatic heterocycles. The molecule has 3 rings (SSSR count). The van der Waals surface area contributed by atoms with Gasteiger partial charge in [0.1, 0.15) is 0 Å². The van der Waals surface area contributed by atoms with Crippen molar-refractivity contribution in [3.8, 4) is 11.3 Å². The minimum Gasteiger partial charge on any atom is -0.364 e. The van der Waals surface area contributed by atoms with Gasteiger partial charge in [-0.1, -0.05) is 50.1 Å². The number of amides is 2. The summed E-state index contributed by atoms with van der Waals surface area (Å²) in [7, 11) is 0. The third-order valence-corrected chi connectivity index (χ3v) is 5.24. The van der Waals surface area contributed by atoms with E-state index in [0.29, 0.717) is 23.5 Å². The standard InChI is InChI=1S/C25H29N5O2/c1-2-3-4-6-17-9-11-19(12-10-17)25(32)29-15-18-7-5-8-20(13-18)22-16-28-21(14-26)23(30-22)24(27)31/h5,7-13,16H,2-4,6,14-15,26H2,1H3,(H2,27,31)(H,29,32). The van der Waals surface area contributed by atoms with Crippen LogP contribution in [0.4, 0.5) is 0 Å². The predicted octanol–water partition coefficient (Wildman–Crippen LogP) is 3.36. The van der Waals surface area contributed by atoms with Crippen LogP contribution in [-0.4, -0.2) is 21.8 Å². The summed E-state index contributed by atoms with van der Waals surface area (Å²) < 4.78 is 0. The van der Waals surface area contributed by atoms with Crippen molar-refractivity contribution in [1.29, 1.82) is 0 Å². The Balaban J connectivity index is 1.66. The van der Waals surface area contributed by atoms with Crippen LogP contribution < -0.4 is 16.8 Å². The van der Waals surface area contributed by atoms with Crippen molar-refractivity contribution in [2.24, 2.45) is 11.5 Å². The van der Waals surface area contributed by atoms with Crippen LogP contribution in [0.5, 0.6) is 0 Å². The Kier molecular flexibility index (Phi) is 8.05. The predicted molar refractivity (Wildman–Crippen MR) is 125 cm³/mol. The molecule has 5 N–H and O–H groups in total. The summed E-state index contributed by atoms with van der Waals surface area (Å²) in [5.41, 5.74) is 15.5. The summed E-state index contributed by atoms with van der Waals surface area (Å²) in [6.07, 6.45) is 6.18. The lowest BCUT2D eigenvalue weighted by Crippen LogP contribution is -2.22. The van der Waals surface area contributed by atoms with Gasteiger partial charge in [-0.3, -0.25) is 14.6 Å². The summed E-state index contributed by atoms with van der Waals surface area (Å²) in [4.78, 5) is 32.7. The molecule has 1 heterocycles. The van der Waals surface area contributed by atoms with Gasteiger partial charge in [-0.25, -0.2) is 4.98 Å². The second-order valence-electron chi connectivity index (χ2n) is 7.66. The Morgan fingerprint density at radius 2 is 1.81 bits per heavy atom. The third-order valence-electron chi connectivity index (χ3n) is 5.24. The molecule has 0 spiro atoms. The molecule has 0 aliphatic heterocycles. The second kappa shape index (κ2) is 11.2. The molecule has 0 aliphatic rings. The number of nitrogens with zero attached hydrogens (tertiary/aromatic N) is 2. The lowest BCUT2D eigenvalue weighted by Gasteiger charge is -2.09. The van der Waals surface area contributed by atoms with E-state index in [1.54, 1.807) is 6.20 Å². The van der Waals surface area contributed by atoms with Crippen molar-refractivity contribution in [3.05, 3.63) is 82.8 Å². The zero-order chi connectivity index (χ0) is 22.9. The first-order valence-electron chi connectivity index (χ1n) is 10.8. The van der Waals surface area contributed by atoms with Gasteiger partial charge in [0.2, 0.25) is 0 Å². The first-order valence-corrected chi connectivity index (χ1v) is 10.8. The van der Waals surface area contributed by atoms with Gasteiger partial charge in [-0.2, -0.15) is 0 Å². The van der Waals surface area contributed by atoms with Gasteiger partial charge < -0.3 is 16.8 Å². The monoisotopic (exact) mass is 431 g/mol. The molecule has 0 atom stereocenters. The van der Waals surface area contributed by atoms with E-state index in [4.69, 9.17) is 11.5 Å². The molecule has 0 aliphatic carbocycles. The zero-order valence-corrected chi connectivity index (χ0v) is 18.3. The van der Waals surface area contributed by atoms with E-state index >= 15 is 0 Å². The van der Waals surface area contributed by atoms with E-state index in [9.17, 15) is 9.59 Å². The SMILES string of the molecule is CCCCCc1ccc(C(=O)NCc2cccc(-c3cnc(CN)c(C(N)=O)n3)c2)cc1. The summed E-state index contributed by atoms with van der Waals surface area (Å²) in [5.74, 6) is -0.793. The highest BCUT2D eigenvalue weighted by Gasteiger charge is 2.13. The van der Waals surface area contributed by atoms with E-state index in [1.807, 2.05) is 48.5 Å². The minimum absolute atomic E-state index is 0.0712. The van der Waals surface area contributed by atoms with Crippen LogP contribution >= 0.6 is 0 Å². The molecule has 0 saturated heterocycles. The topological polar surface area (TPSA) is 124 Å². The molecule has 2 aromatic carbocycles. The van der Waals surface area contributed by atoms with Crippen LogP contribution in [0.2, 0.25) is 0 Å². The maximum atomic E-state index is 12.5. The highest BCUT2D eigenvalue weighted by atomic mass is 16.2. The summed E-state index contributed by atoms with van der Waals surface area (Å²) in [6, 6.07) is 15.3. The average molecular weight is 432 g/mol. The van der Waals surface area contributed by atoms with Crippen molar-refractivity contribution >= 4 is 11.8 Å². The number of hydrogen-bond acceptors (Lipinski definition) is 5. The number of hydrogen-bond donors (Lipinski definition) is 3. The molecule has 0 unspecified atom stereocenters. The number of nitrogens with one attached hydrogen (secondary N) is 1. The molecule has 0 saturated carbocycles. The molecule has 166 valence electrons. The van der Waals surface area contributed by atoms with Crippen LogP contribution in [-0.2, 0) is 19.5 Å². The van der Waals surface area contributed by atoms with Gasteiger partial charge in [0.05, 0.1) is 17.6 Å². The number of rotatable bonds is 10. The van der Waals surface area contributed by atoms with E-state index in [2.05, 4.69) is 22.2 Å². The van der Waals surface area contributed by atoms with Gasteiger partial charge in [0, 0.05) is 24.2 Å². The fourth-order valence-electron chi connectivity index (χ4n) is 3.43. The van der Waals surface area contributed by atoms with Crippen molar-refractivity contribution < 1.29 is 9.59 Å². The number of carbonyl (C=O) groups is 2. The van der Waals surface area contributed by atoms with Gasteiger partial charge in [0.25, 0.3) is 11.8 Å². The summed E-state index contributed by atoms with van der Waals surface area (Å²) in [5, 5.41) is 2.95. The van der Waals surface area contributed by atoms with Crippen molar-refractivity contribution in [2.45, 2.75) is 45.7 Å². The second-order valence-corrected chi connectivity index (χ2v) is 7.66. The van der Waals surface area contributed by atoms with Gasteiger partial charge in [0.15, 0.2) is 5.69 Å². The average Bonchev–Trinajstić information content (AvgIpc) is 2.83. The molecular weight excluding hydrogens is 402 g/mol. The first kappa shape index (κ1) is 23.1. The number of aromatic nitrogens is 2. The lowest BCUT2D eigenvalue weighted by atomic mass is 10.0. The number of aryl methyl sites for hydroxylation is 1. The maximum absolute atomic E-state index is 12.5. The number of benzene rings is 2. The fourth-order valence-corrected chi connectivity index (χ4v) is 3.43. The van der Waals surface area contributed by atoms with Crippen LogP contribution in [0.3, 0.4) is 0 Å². The Morgan fingerprint density at radius 3 is 2.50 bits per heavy atom. The molecule has 0 bridgehead atoms. The maximum Gasteiger partial charge on any atom is 0.269 e. The largest absolute Gasteiger partial charge is 0.364 e. The van der Waals surface area contributed by atoms with Crippen LogP contribution in [0, 0.1) is 0 Å². The molecule has 0 fully saturated rings. The molecule has 0 radical (unpaired) electrons. The smallest absolute Gasteiger partial charge is 0.269 e. The number of nitrogens with two attached hydrogens (primary N) is 2. The molecule has 7 nitrogen and oxygen atoms in total. The van der Waals surface area contributed by atoms with Crippen LogP contribution in [0.15, 0.2) is 54.7 Å². The van der Waals surface area contributed by atoms with E-state index in [0.717, 1.165) is 17.5 Å². The Labute approximate surface area is 188 Å². The highest BCUT2D eigenvalue weighted by Crippen LogP contribution is 2.19. The normalized spacial score (nSPS) is 10.7. The molecule has 32 heavy (non-hydrogen) atoms. The van der Waals surface area contributed by atoms with Crippen LogP contribution in [0.1, 0.15) is 63.9 Å². The van der Waals surface area contributed by atoms with Crippen molar-refractivity contribution in [3.63, 3.8) is 0 Å². The molecule has 2 amide bonds. The van der Waals surface area contributed by atoms with E-state index in [-0.39, 0.29) is 18.1 Å². The minimum atomic E-state index is -0.667. The third kappa shape index (κ3) is 5.98. The first-order chi connectivity index (χ1) is 15.5. The lowest BCUT2D eigenvalue weighted by molar-refractivity contribution is 0.0949. The Morgan fingerprint density at radius 1 is 1.03 bits per heavy atom. The van der Waals surface area contributed by atoms with Gasteiger partial charge in [-0.15, -0.1) is 0 Å². The number of primary amides is 1. The molecule has 3 aromatic rings. The number of carbonyl (C=O) groups excluding carboxylic acids is 2. The van der Waals surface area contributed by atoms with Gasteiger partial charge >= 0.3 is 0 Å². The zero-order valence-electron chi connectivity index (χ0n) is 18.3. The Hall–Kier alpha value is -3.58. The van der Waals surface area contributed by atoms with Gasteiger partial charge in [-0.05, 0) is 42.2 Å². The fraction of sp³-hybridized carbons (Fsp3) is 0.280. The van der Waals surface area contributed by atoms with E-state index < -0.39 is 5.91 Å². The van der Waals surface area contributed by atoms with E-state index in [1.165, 1.54) is 24.8 Å². The summed E-state index contributed by atoms with van der Waals surface area (Å²) >= 11 is 0. The molecule has 7 heteroatoms. The Bertz CT molecular complexity index is 1080. The quantitative estimate of drug-likeness (QED) is 0.425. The van der Waals surface area contributed by atoms with Crippen molar-refractivity contribution in [1.82, 2.24) is 15.3 Å². The molecular formula is C25H29N5O2. The summed E-state index contributed by atoms with van der Waals surface area (Å²) in [6.45, 7) is 2.63. The highest BCUT2D eigenvalue weighted by molar-refractivity contribution is 5.94. The van der Waals surface area contributed by atoms with Crippen LogP contribution in [0.25, 0.3) is 11.3 Å².